The number of hydrogen-bond acceptors (Lipinski definition) is 5. The van der Waals surface area contributed by atoms with Crippen LogP contribution in [-0.2, 0) is 19.2 Å². The standard InChI is InChI=1S/C17H31N3O6/c1-5-9(3)13(18)16(24)19-11(7-8-12(21)22)15(23)20-14(17(25)26)10(4)6-2/h9-11,13-14H,5-8,18H2,1-4H3,(H,19,24)(H,20,23)(H,21,22)(H,25,26). The van der Waals surface area contributed by atoms with E-state index in [1.165, 1.54) is 0 Å². The first kappa shape index (κ1) is 23.8. The van der Waals surface area contributed by atoms with Crippen molar-refractivity contribution in [3.8, 4) is 0 Å². The molecular formula is C17H31N3O6. The summed E-state index contributed by atoms with van der Waals surface area (Å²) in [6.07, 6.45) is 0.683. The van der Waals surface area contributed by atoms with Gasteiger partial charge in [0.1, 0.15) is 12.1 Å². The maximum absolute atomic E-state index is 12.5. The van der Waals surface area contributed by atoms with Crippen molar-refractivity contribution < 1.29 is 29.4 Å². The Bertz CT molecular complexity index is 511. The maximum Gasteiger partial charge on any atom is 0.326 e. The molecule has 26 heavy (non-hydrogen) atoms. The first-order valence-electron chi connectivity index (χ1n) is 8.85. The van der Waals surface area contributed by atoms with Crippen molar-refractivity contribution >= 4 is 23.8 Å². The number of carboxylic acids is 2. The van der Waals surface area contributed by atoms with E-state index in [0.29, 0.717) is 12.8 Å². The van der Waals surface area contributed by atoms with Crippen molar-refractivity contribution in [2.45, 2.75) is 71.5 Å². The summed E-state index contributed by atoms with van der Waals surface area (Å²) in [5.74, 6) is -4.06. The van der Waals surface area contributed by atoms with E-state index >= 15 is 0 Å². The van der Waals surface area contributed by atoms with E-state index < -0.39 is 41.9 Å². The Morgan fingerprint density at radius 3 is 1.88 bits per heavy atom. The Morgan fingerprint density at radius 2 is 1.46 bits per heavy atom. The van der Waals surface area contributed by atoms with Gasteiger partial charge in [-0.3, -0.25) is 14.4 Å². The third kappa shape index (κ3) is 7.81. The molecule has 0 rings (SSSR count). The molecule has 6 N–H and O–H groups in total. The molecule has 0 aromatic heterocycles. The van der Waals surface area contributed by atoms with Crippen LogP contribution in [0.25, 0.3) is 0 Å². The smallest absolute Gasteiger partial charge is 0.326 e. The molecule has 9 heteroatoms. The largest absolute Gasteiger partial charge is 0.481 e. The number of nitrogens with one attached hydrogen (secondary N) is 2. The fourth-order valence-electron chi connectivity index (χ4n) is 2.25. The molecule has 0 heterocycles. The van der Waals surface area contributed by atoms with Crippen LogP contribution >= 0.6 is 0 Å². The molecule has 0 aromatic rings. The number of nitrogens with two attached hydrogens (primary N) is 1. The summed E-state index contributed by atoms with van der Waals surface area (Å²) >= 11 is 0. The number of carbonyl (C=O) groups is 4. The van der Waals surface area contributed by atoms with E-state index in [9.17, 15) is 24.3 Å². The summed E-state index contributed by atoms with van der Waals surface area (Å²) in [6.45, 7) is 7.14. The fraction of sp³-hybridized carbons (Fsp3) is 0.765. The molecule has 0 fully saturated rings. The summed E-state index contributed by atoms with van der Waals surface area (Å²) in [7, 11) is 0. The van der Waals surface area contributed by atoms with Crippen molar-refractivity contribution in [1.82, 2.24) is 10.6 Å². The van der Waals surface area contributed by atoms with E-state index in [-0.39, 0.29) is 24.7 Å². The quantitative estimate of drug-likeness (QED) is 0.329. The monoisotopic (exact) mass is 373 g/mol. The number of carbonyl (C=O) groups excluding carboxylic acids is 2. The Morgan fingerprint density at radius 1 is 0.923 bits per heavy atom. The van der Waals surface area contributed by atoms with Gasteiger partial charge in [-0.05, 0) is 18.3 Å². The summed E-state index contributed by atoms with van der Waals surface area (Å²) < 4.78 is 0. The van der Waals surface area contributed by atoms with Crippen LogP contribution in [0.3, 0.4) is 0 Å². The first-order valence-corrected chi connectivity index (χ1v) is 8.85. The van der Waals surface area contributed by atoms with E-state index in [2.05, 4.69) is 10.6 Å². The van der Waals surface area contributed by atoms with E-state index in [1.54, 1.807) is 20.8 Å². The van der Waals surface area contributed by atoms with Crippen molar-refractivity contribution in [3.63, 3.8) is 0 Å². The van der Waals surface area contributed by atoms with Crippen LogP contribution in [0.15, 0.2) is 0 Å². The number of amides is 2. The molecule has 0 aromatic carbocycles. The second kappa shape index (κ2) is 11.5. The highest BCUT2D eigenvalue weighted by molar-refractivity contribution is 5.92. The zero-order valence-electron chi connectivity index (χ0n) is 15.8. The minimum atomic E-state index is -1.19. The topological polar surface area (TPSA) is 159 Å². The van der Waals surface area contributed by atoms with Crippen LogP contribution in [0, 0.1) is 11.8 Å². The molecule has 9 nitrogen and oxygen atoms in total. The Hall–Kier alpha value is -2.16. The lowest BCUT2D eigenvalue weighted by atomic mass is 9.97. The molecule has 0 aliphatic rings. The van der Waals surface area contributed by atoms with E-state index in [1.807, 2.05) is 6.92 Å². The van der Waals surface area contributed by atoms with Gasteiger partial charge in [0.25, 0.3) is 0 Å². The molecule has 5 unspecified atom stereocenters. The van der Waals surface area contributed by atoms with Gasteiger partial charge in [-0.2, -0.15) is 0 Å². The highest BCUT2D eigenvalue weighted by Gasteiger charge is 2.31. The van der Waals surface area contributed by atoms with Gasteiger partial charge in [0.2, 0.25) is 11.8 Å². The van der Waals surface area contributed by atoms with Gasteiger partial charge < -0.3 is 26.6 Å². The van der Waals surface area contributed by atoms with Gasteiger partial charge >= 0.3 is 11.9 Å². The molecule has 0 bridgehead atoms. The molecule has 5 atom stereocenters. The van der Waals surface area contributed by atoms with E-state index in [4.69, 9.17) is 10.8 Å². The molecule has 2 amide bonds. The van der Waals surface area contributed by atoms with Crippen LogP contribution in [0.2, 0.25) is 0 Å². The first-order chi connectivity index (χ1) is 12.0. The molecular weight excluding hydrogens is 342 g/mol. The average Bonchev–Trinajstić information content (AvgIpc) is 2.59. The van der Waals surface area contributed by atoms with Gasteiger partial charge in [0.05, 0.1) is 6.04 Å². The van der Waals surface area contributed by atoms with Crippen LogP contribution in [0.4, 0.5) is 0 Å². The minimum absolute atomic E-state index is 0.120. The second-order valence-electron chi connectivity index (χ2n) is 6.61. The van der Waals surface area contributed by atoms with Gasteiger partial charge in [0.15, 0.2) is 0 Å². The number of rotatable bonds is 12. The van der Waals surface area contributed by atoms with E-state index in [0.717, 1.165) is 0 Å². The number of aliphatic carboxylic acids is 2. The third-order valence-electron chi connectivity index (χ3n) is 4.62. The summed E-state index contributed by atoms with van der Waals surface area (Å²) in [4.78, 5) is 46.9. The third-order valence-corrected chi connectivity index (χ3v) is 4.62. The van der Waals surface area contributed by atoms with Gasteiger partial charge in [-0.25, -0.2) is 4.79 Å². The zero-order chi connectivity index (χ0) is 20.4. The molecule has 0 saturated carbocycles. The number of carboxylic acid groups (broad SMARTS) is 2. The lowest BCUT2D eigenvalue weighted by Gasteiger charge is -2.26. The van der Waals surface area contributed by atoms with Crippen LogP contribution in [0.5, 0.6) is 0 Å². The Labute approximate surface area is 153 Å². The van der Waals surface area contributed by atoms with Crippen molar-refractivity contribution in [2.24, 2.45) is 17.6 Å². The van der Waals surface area contributed by atoms with Gasteiger partial charge in [-0.15, -0.1) is 0 Å². The molecule has 0 spiro atoms. The lowest BCUT2D eigenvalue weighted by molar-refractivity contribution is -0.144. The summed E-state index contributed by atoms with van der Waals surface area (Å²) in [6, 6.07) is -3.13. The van der Waals surface area contributed by atoms with Crippen LogP contribution < -0.4 is 16.4 Å². The molecule has 0 aliphatic carbocycles. The Kier molecular flexibility index (Phi) is 10.5. The van der Waals surface area contributed by atoms with Crippen molar-refractivity contribution in [1.29, 1.82) is 0 Å². The number of hydrogen-bond donors (Lipinski definition) is 5. The minimum Gasteiger partial charge on any atom is -0.481 e. The average molecular weight is 373 g/mol. The van der Waals surface area contributed by atoms with Crippen molar-refractivity contribution in [3.05, 3.63) is 0 Å². The Balaban J connectivity index is 5.21. The predicted molar refractivity (Wildman–Crippen MR) is 95.3 cm³/mol. The fourth-order valence-corrected chi connectivity index (χ4v) is 2.25. The highest BCUT2D eigenvalue weighted by Crippen LogP contribution is 2.10. The van der Waals surface area contributed by atoms with Gasteiger partial charge in [0, 0.05) is 6.42 Å². The lowest BCUT2D eigenvalue weighted by Crippen LogP contribution is -2.56. The van der Waals surface area contributed by atoms with Crippen molar-refractivity contribution in [2.75, 3.05) is 0 Å². The second-order valence-corrected chi connectivity index (χ2v) is 6.61. The molecule has 0 saturated heterocycles. The predicted octanol–water partition coefficient (Wildman–Crippen LogP) is 0.325. The SMILES string of the molecule is CCC(C)C(N)C(=O)NC(CCC(=O)O)C(=O)NC(C(=O)O)C(C)CC. The summed E-state index contributed by atoms with van der Waals surface area (Å²) in [5, 5.41) is 23.0. The molecule has 0 aliphatic heterocycles. The summed E-state index contributed by atoms with van der Waals surface area (Å²) in [5.41, 5.74) is 5.84. The highest BCUT2D eigenvalue weighted by atomic mass is 16.4. The zero-order valence-corrected chi connectivity index (χ0v) is 15.8. The van der Waals surface area contributed by atoms with Crippen LogP contribution in [0.1, 0.15) is 53.4 Å². The molecule has 150 valence electrons. The van der Waals surface area contributed by atoms with Gasteiger partial charge in [-0.1, -0.05) is 40.5 Å². The maximum atomic E-state index is 12.5. The molecule has 0 radical (unpaired) electrons. The normalized spacial score (nSPS) is 16.7. The van der Waals surface area contributed by atoms with Crippen LogP contribution in [-0.4, -0.2) is 52.1 Å².